The molecule has 0 fully saturated rings. The van der Waals surface area contributed by atoms with Gasteiger partial charge in [0.2, 0.25) is 6.20 Å². The average Bonchev–Trinajstić information content (AvgIpc) is 2.83. The van der Waals surface area contributed by atoms with Gasteiger partial charge in [-0.1, -0.05) is 5.16 Å². The third kappa shape index (κ3) is 1.43. The lowest BCUT2D eigenvalue weighted by atomic mass is 10.4. The molecule has 3 rings (SSSR count). The van der Waals surface area contributed by atoms with Crippen molar-refractivity contribution in [2.24, 2.45) is 0 Å². The minimum Gasteiger partial charge on any atom is -0.619 e. The van der Waals surface area contributed by atoms with Crippen LogP contribution in [0.5, 0.6) is 0 Å². The van der Waals surface area contributed by atoms with E-state index in [4.69, 9.17) is 4.52 Å². The van der Waals surface area contributed by atoms with Crippen LogP contribution < -0.4 is 4.73 Å². The van der Waals surface area contributed by atoms with Gasteiger partial charge in [0.05, 0.1) is 4.70 Å². The molecule has 0 radical (unpaired) electrons. The van der Waals surface area contributed by atoms with Gasteiger partial charge in [0.1, 0.15) is 22.0 Å². The smallest absolute Gasteiger partial charge is 0.207 e. The molecule has 6 heteroatoms. The van der Waals surface area contributed by atoms with E-state index in [1.54, 1.807) is 6.07 Å². The van der Waals surface area contributed by atoms with Crippen LogP contribution in [0.1, 0.15) is 5.76 Å². The molecule has 0 aliphatic heterocycles. The van der Waals surface area contributed by atoms with Crippen molar-refractivity contribution in [3.63, 3.8) is 0 Å². The van der Waals surface area contributed by atoms with Crippen LogP contribution >= 0.6 is 11.3 Å². The fraction of sp³-hybridized carbons (Fsp3) is 0.100. The number of rotatable bonds is 1. The van der Waals surface area contributed by atoms with E-state index >= 15 is 0 Å². The zero-order chi connectivity index (χ0) is 11.1. The molecule has 0 atom stereocenters. The number of thiazole rings is 1. The number of aryl methyl sites for hydroxylation is 1. The summed E-state index contributed by atoms with van der Waals surface area (Å²) in [6.45, 7) is 1.83. The van der Waals surface area contributed by atoms with Gasteiger partial charge in [0.25, 0.3) is 0 Å². The van der Waals surface area contributed by atoms with Gasteiger partial charge >= 0.3 is 0 Å². The van der Waals surface area contributed by atoms with Crippen LogP contribution in [-0.2, 0) is 0 Å². The molecule has 0 aliphatic carbocycles. The molecule has 3 aromatic rings. The van der Waals surface area contributed by atoms with Gasteiger partial charge in [-0.3, -0.25) is 0 Å². The first-order chi connectivity index (χ1) is 7.72. The van der Waals surface area contributed by atoms with Crippen molar-refractivity contribution in [3.8, 4) is 10.7 Å². The average molecular weight is 233 g/mol. The van der Waals surface area contributed by atoms with Gasteiger partial charge < -0.3 is 9.73 Å². The van der Waals surface area contributed by atoms with E-state index in [9.17, 15) is 5.21 Å². The monoisotopic (exact) mass is 233 g/mol. The first-order valence-electron chi connectivity index (χ1n) is 4.65. The van der Waals surface area contributed by atoms with Crippen molar-refractivity contribution >= 4 is 21.6 Å². The molecular weight excluding hydrogens is 226 g/mol. The van der Waals surface area contributed by atoms with Crippen LogP contribution in [0, 0.1) is 12.1 Å². The van der Waals surface area contributed by atoms with Gasteiger partial charge in [0, 0.05) is 12.1 Å². The summed E-state index contributed by atoms with van der Waals surface area (Å²) in [4.78, 5) is 4.33. The van der Waals surface area contributed by atoms with Gasteiger partial charge in [-0.2, -0.15) is 4.73 Å². The Bertz CT molecular complexity index is 659. The molecule has 0 unspecified atom stereocenters. The Balaban J connectivity index is 2.18. The van der Waals surface area contributed by atoms with Gasteiger partial charge in [-0.15, -0.1) is 11.3 Å². The van der Waals surface area contributed by atoms with Crippen LogP contribution in [0.15, 0.2) is 29.0 Å². The van der Waals surface area contributed by atoms with Crippen molar-refractivity contribution in [2.75, 3.05) is 0 Å². The topological polar surface area (TPSA) is 65.9 Å². The summed E-state index contributed by atoms with van der Waals surface area (Å²) in [7, 11) is 0. The second-order valence-electron chi connectivity index (χ2n) is 3.40. The van der Waals surface area contributed by atoms with Crippen LogP contribution in [-0.4, -0.2) is 10.1 Å². The Hall–Kier alpha value is -1.95. The Morgan fingerprint density at radius 2 is 2.38 bits per heavy atom. The summed E-state index contributed by atoms with van der Waals surface area (Å²) >= 11 is 1.49. The van der Waals surface area contributed by atoms with Crippen molar-refractivity contribution in [2.45, 2.75) is 6.92 Å². The molecule has 3 aromatic heterocycles. The lowest BCUT2D eigenvalue weighted by Gasteiger charge is -1.91. The summed E-state index contributed by atoms with van der Waals surface area (Å²) in [5.74, 6) is 0.744. The first kappa shape index (κ1) is 9.29. The molecule has 0 spiro atoms. The third-order valence-corrected chi connectivity index (χ3v) is 3.21. The minimum absolute atomic E-state index is 0.679. The molecule has 3 heterocycles. The maximum absolute atomic E-state index is 11.1. The van der Waals surface area contributed by atoms with Gasteiger partial charge in [-0.25, -0.2) is 4.98 Å². The Kier molecular flexibility index (Phi) is 1.90. The number of hydrogen-bond donors (Lipinski definition) is 0. The van der Waals surface area contributed by atoms with Crippen LogP contribution in [0.25, 0.3) is 20.9 Å². The quantitative estimate of drug-likeness (QED) is 0.475. The fourth-order valence-electron chi connectivity index (χ4n) is 1.44. The number of nitrogens with zero attached hydrogens (tertiary/aromatic N) is 3. The lowest BCUT2D eigenvalue weighted by Crippen LogP contribution is -2.23. The predicted molar refractivity (Wildman–Crippen MR) is 58.8 cm³/mol. The summed E-state index contributed by atoms with van der Waals surface area (Å²) in [5, 5.41) is 15.7. The molecule has 0 bridgehead atoms. The second-order valence-corrected chi connectivity index (χ2v) is 4.43. The van der Waals surface area contributed by atoms with E-state index in [1.165, 1.54) is 23.7 Å². The highest BCUT2D eigenvalue weighted by Gasteiger charge is 2.11. The van der Waals surface area contributed by atoms with Crippen molar-refractivity contribution < 1.29 is 9.25 Å². The molecule has 16 heavy (non-hydrogen) atoms. The van der Waals surface area contributed by atoms with Crippen LogP contribution in [0.4, 0.5) is 0 Å². The molecule has 80 valence electrons. The fourth-order valence-corrected chi connectivity index (χ4v) is 2.32. The normalized spacial score (nSPS) is 11.1. The highest BCUT2D eigenvalue weighted by molar-refractivity contribution is 7.21. The lowest BCUT2D eigenvalue weighted by molar-refractivity contribution is -0.603. The Morgan fingerprint density at radius 1 is 1.50 bits per heavy atom. The summed E-state index contributed by atoms with van der Waals surface area (Å²) in [5.41, 5.74) is 1.38. The van der Waals surface area contributed by atoms with Gasteiger partial charge in [-0.05, 0) is 6.92 Å². The highest BCUT2D eigenvalue weighted by Crippen LogP contribution is 2.28. The van der Waals surface area contributed by atoms with Crippen molar-refractivity contribution in [1.29, 1.82) is 0 Å². The van der Waals surface area contributed by atoms with Crippen molar-refractivity contribution in [1.82, 2.24) is 10.1 Å². The summed E-state index contributed by atoms with van der Waals surface area (Å²) in [6.07, 6.45) is 2.90. The van der Waals surface area contributed by atoms with Crippen molar-refractivity contribution in [3.05, 3.63) is 35.5 Å². The van der Waals surface area contributed by atoms with E-state index in [-0.39, 0.29) is 0 Å². The number of hydrogen-bond acceptors (Lipinski definition) is 5. The molecule has 5 nitrogen and oxygen atoms in total. The largest absolute Gasteiger partial charge is 0.619 e. The molecule has 0 amide bonds. The van der Waals surface area contributed by atoms with E-state index in [0.717, 1.165) is 20.2 Å². The zero-order valence-corrected chi connectivity index (χ0v) is 9.19. The number of pyridine rings is 1. The molecule has 0 aromatic carbocycles. The SMILES string of the molecule is Cc1cc(-c2nc3c[n+]([O-])ccc3s2)no1. The summed E-state index contributed by atoms with van der Waals surface area (Å²) in [6, 6.07) is 3.57. The highest BCUT2D eigenvalue weighted by atomic mass is 32.1. The Labute approximate surface area is 94.5 Å². The third-order valence-electron chi connectivity index (χ3n) is 2.15. The number of fused-ring (bicyclic) bond motifs is 1. The zero-order valence-electron chi connectivity index (χ0n) is 8.38. The van der Waals surface area contributed by atoms with Crippen LogP contribution in [0.3, 0.4) is 0 Å². The molecular formula is C10H7N3O2S. The van der Waals surface area contributed by atoms with Gasteiger partial charge in [0.15, 0.2) is 6.20 Å². The van der Waals surface area contributed by atoms with E-state index in [1.807, 2.05) is 13.0 Å². The Morgan fingerprint density at radius 3 is 3.12 bits per heavy atom. The summed E-state index contributed by atoms with van der Waals surface area (Å²) < 4.78 is 6.69. The molecule has 0 saturated carbocycles. The minimum atomic E-state index is 0.679. The predicted octanol–water partition coefficient (Wildman–Crippen LogP) is 1.89. The molecule has 0 N–H and O–H groups in total. The standard InChI is InChI=1S/C10H7N3O2S/c1-6-4-7(12-15-6)10-11-8-5-13(14)3-2-9(8)16-10/h2-5H,1H3. The van der Waals surface area contributed by atoms with E-state index in [2.05, 4.69) is 10.1 Å². The first-order valence-corrected chi connectivity index (χ1v) is 5.47. The van der Waals surface area contributed by atoms with E-state index < -0.39 is 0 Å². The van der Waals surface area contributed by atoms with E-state index in [0.29, 0.717) is 11.2 Å². The molecule has 0 saturated heterocycles. The number of aromatic nitrogens is 3. The maximum atomic E-state index is 11.1. The second kappa shape index (κ2) is 3.28. The van der Waals surface area contributed by atoms with Crippen LogP contribution in [0.2, 0.25) is 0 Å². The maximum Gasteiger partial charge on any atom is 0.207 e. The molecule has 0 aliphatic rings.